The Morgan fingerprint density at radius 3 is 2.38 bits per heavy atom. The van der Waals surface area contributed by atoms with Crippen LogP contribution in [-0.4, -0.2) is 38.8 Å². The van der Waals surface area contributed by atoms with Gasteiger partial charge in [-0.1, -0.05) is 24.3 Å². The van der Waals surface area contributed by atoms with Gasteiger partial charge in [0.05, 0.1) is 17.6 Å². The van der Waals surface area contributed by atoms with Crippen molar-refractivity contribution in [3.63, 3.8) is 0 Å². The van der Waals surface area contributed by atoms with Crippen LogP contribution < -0.4 is 10.1 Å². The second-order valence-corrected chi connectivity index (χ2v) is 8.08. The number of nitrogens with one attached hydrogen (secondary N) is 1. The molecule has 1 amide bonds. The molecule has 0 bridgehead atoms. The van der Waals surface area contributed by atoms with Crippen LogP contribution in [-0.2, 0) is 16.6 Å². The van der Waals surface area contributed by atoms with Gasteiger partial charge in [0.1, 0.15) is 5.75 Å². The fourth-order valence-corrected chi connectivity index (χ4v) is 4.48. The standard InChI is InChI=1S/C19H22N2O4S/c1-25-18-7-3-2-6-17(18)19(22)20-14-15-8-10-16(11-9-15)26(23,24)21-12-4-5-13-21/h2-3,6-11H,4-5,12-14H2,1H3,(H,20,22). The quantitative estimate of drug-likeness (QED) is 0.842. The summed E-state index contributed by atoms with van der Waals surface area (Å²) in [6, 6.07) is 13.6. The van der Waals surface area contributed by atoms with E-state index in [1.54, 1.807) is 48.5 Å². The molecule has 0 aliphatic carbocycles. The number of ether oxygens (including phenoxy) is 1. The van der Waals surface area contributed by atoms with Crippen molar-refractivity contribution >= 4 is 15.9 Å². The monoisotopic (exact) mass is 374 g/mol. The first-order chi connectivity index (χ1) is 12.5. The number of nitrogens with zero attached hydrogens (tertiary/aromatic N) is 1. The van der Waals surface area contributed by atoms with Crippen LogP contribution >= 0.6 is 0 Å². The van der Waals surface area contributed by atoms with Crippen molar-refractivity contribution in [2.24, 2.45) is 0 Å². The second-order valence-electron chi connectivity index (χ2n) is 6.14. The number of hydrogen-bond donors (Lipinski definition) is 1. The molecule has 26 heavy (non-hydrogen) atoms. The molecule has 0 aromatic heterocycles. The Labute approximate surface area is 153 Å². The van der Waals surface area contributed by atoms with Crippen molar-refractivity contribution in [3.8, 4) is 5.75 Å². The molecule has 1 aliphatic heterocycles. The van der Waals surface area contributed by atoms with Crippen LogP contribution in [0.2, 0.25) is 0 Å². The van der Waals surface area contributed by atoms with Crippen LogP contribution in [0.1, 0.15) is 28.8 Å². The molecule has 0 spiro atoms. The molecule has 3 rings (SSSR count). The minimum atomic E-state index is -3.41. The van der Waals surface area contributed by atoms with E-state index >= 15 is 0 Å². The van der Waals surface area contributed by atoms with Gasteiger partial charge in [-0.25, -0.2) is 8.42 Å². The third-order valence-electron chi connectivity index (χ3n) is 4.43. The van der Waals surface area contributed by atoms with E-state index in [9.17, 15) is 13.2 Å². The maximum atomic E-state index is 12.5. The summed E-state index contributed by atoms with van der Waals surface area (Å²) in [6.07, 6.45) is 1.82. The molecule has 6 nitrogen and oxygen atoms in total. The average molecular weight is 374 g/mol. The Bertz CT molecular complexity index is 873. The third-order valence-corrected chi connectivity index (χ3v) is 6.34. The van der Waals surface area contributed by atoms with Crippen molar-refractivity contribution in [1.29, 1.82) is 0 Å². The molecule has 2 aromatic rings. The molecule has 7 heteroatoms. The van der Waals surface area contributed by atoms with Crippen molar-refractivity contribution in [2.75, 3.05) is 20.2 Å². The number of methoxy groups -OCH3 is 1. The van der Waals surface area contributed by atoms with Gasteiger partial charge < -0.3 is 10.1 Å². The van der Waals surface area contributed by atoms with Gasteiger partial charge in [-0.15, -0.1) is 0 Å². The summed E-state index contributed by atoms with van der Waals surface area (Å²) >= 11 is 0. The normalized spacial score (nSPS) is 15.0. The van der Waals surface area contributed by atoms with E-state index in [1.165, 1.54) is 11.4 Å². The number of carbonyl (C=O) groups is 1. The summed E-state index contributed by atoms with van der Waals surface area (Å²) in [5.41, 5.74) is 1.29. The fourth-order valence-electron chi connectivity index (χ4n) is 2.97. The summed E-state index contributed by atoms with van der Waals surface area (Å²) in [5, 5.41) is 2.82. The molecule has 1 heterocycles. The summed E-state index contributed by atoms with van der Waals surface area (Å²) in [5.74, 6) is 0.272. The number of rotatable bonds is 6. The van der Waals surface area contributed by atoms with Crippen LogP contribution in [0.25, 0.3) is 0 Å². The topological polar surface area (TPSA) is 75.7 Å². The largest absolute Gasteiger partial charge is 0.496 e. The molecule has 1 saturated heterocycles. The third kappa shape index (κ3) is 3.89. The van der Waals surface area contributed by atoms with E-state index in [0.29, 0.717) is 35.8 Å². The van der Waals surface area contributed by atoms with E-state index in [-0.39, 0.29) is 5.91 Å². The Hall–Kier alpha value is -2.38. The highest BCUT2D eigenvalue weighted by Crippen LogP contribution is 2.21. The maximum Gasteiger partial charge on any atom is 0.255 e. The SMILES string of the molecule is COc1ccccc1C(=O)NCc1ccc(S(=O)(=O)N2CCCC2)cc1. The molecule has 2 aromatic carbocycles. The summed E-state index contributed by atoms with van der Waals surface area (Å²) in [4.78, 5) is 12.6. The lowest BCUT2D eigenvalue weighted by Gasteiger charge is -2.15. The first kappa shape index (κ1) is 18.4. The van der Waals surface area contributed by atoms with Crippen LogP contribution in [0.5, 0.6) is 5.75 Å². The Kier molecular flexibility index (Phi) is 5.58. The van der Waals surface area contributed by atoms with E-state index in [1.807, 2.05) is 0 Å². The lowest BCUT2D eigenvalue weighted by Crippen LogP contribution is -2.28. The number of para-hydroxylation sites is 1. The van der Waals surface area contributed by atoms with Gasteiger partial charge in [-0.05, 0) is 42.7 Å². The Morgan fingerprint density at radius 1 is 1.08 bits per heavy atom. The molecule has 1 N–H and O–H groups in total. The number of benzene rings is 2. The minimum Gasteiger partial charge on any atom is -0.496 e. The van der Waals surface area contributed by atoms with Gasteiger partial charge >= 0.3 is 0 Å². The van der Waals surface area contributed by atoms with Gasteiger partial charge in [0.25, 0.3) is 5.91 Å². The van der Waals surface area contributed by atoms with Crippen molar-refractivity contribution in [2.45, 2.75) is 24.3 Å². The van der Waals surface area contributed by atoms with Gasteiger partial charge in [-0.2, -0.15) is 4.31 Å². The highest BCUT2D eigenvalue weighted by atomic mass is 32.2. The van der Waals surface area contributed by atoms with Crippen LogP contribution in [0.15, 0.2) is 53.4 Å². The lowest BCUT2D eigenvalue weighted by atomic mass is 10.1. The zero-order valence-corrected chi connectivity index (χ0v) is 15.5. The second kappa shape index (κ2) is 7.88. The average Bonchev–Trinajstić information content (AvgIpc) is 3.22. The number of hydrogen-bond acceptors (Lipinski definition) is 4. The molecule has 1 fully saturated rings. The Balaban J connectivity index is 1.65. The zero-order chi connectivity index (χ0) is 18.6. The minimum absolute atomic E-state index is 0.240. The van der Waals surface area contributed by atoms with Gasteiger partial charge in [0, 0.05) is 19.6 Å². The molecule has 1 aliphatic rings. The van der Waals surface area contributed by atoms with Gasteiger partial charge in [0.15, 0.2) is 0 Å². The predicted octanol–water partition coefficient (Wildman–Crippen LogP) is 2.41. The first-order valence-electron chi connectivity index (χ1n) is 8.52. The van der Waals surface area contributed by atoms with Crippen molar-refractivity contribution < 1.29 is 17.9 Å². The number of carbonyl (C=O) groups excluding carboxylic acids is 1. The summed E-state index contributed by atoms with van der Waals surface area (Å²) < 4.78 is 31.7. The molecule has 0 radical (unpaired) electrons. The predicted molar refractivity (Wildman–Crippen MR) is 98.6 cm³/mol. The Morgan fingerprint density at radius 2 is 1.73 bits per heavy atom. The van der Waals surface area contributed by atoms with E-state index in [2.05, 4.69) is 5.32 Å². The van der Waals surface area contributed by atoms with Crippen LogP contribution in [0.3, 0.4) is 0 Å². The van der Waals surface area contributed by atoms with E-state index in [0.717, 1.165) is 18.4 Å². The number of amides is 1. The van der Waals surface area contributed by atoms with Crippen LogP contribution in [0.4, 0.5) is 0 Å². The van der Waals surface area contributed by atoms with Gasteiger partial charge in [-0.3, -0.25) is 4.79 Å². The molecular weight excluding hydrogens is 352 g/mol. The molecular formula is C19H22N2O4S. The maximum absolute atomic E-state index is 12.5. The summed E-state index contributed by atoms with van der Waals surface area (Å²) in [6.45, 7) is 1.47. The highest BCUT2D eigenvalue weighted by molar-refractivity contribution is 7.89. The molecule has 0 saturated carbocycles. The fraction of sp³-hybridized carbons (Fsp3) is 0.316. The molecule has 0 atom stereocenters. The smallest absolute Gasteiger partial charge is 0.255 e. The highest BCUT2D eigenvalue weighted by Gasteiger charge is 2.26. The van der Waals surface area contributed by atoms with Gasteiger partial charge in [0.2, 0.25) is 10.0 Å². The molecule has 138 valence electrons. The number of sulfonamides is 1. The van der Waals surface area contributed by atoms with Crippen molar-refractivity contribution in [3.05, 3.63) is 59.7 Å². The van der Waals surface area contributed by atoms with Crippen LogP contribution in [0, 0.1) is 0 Å². The van der Waals surface area contributed by atoms with Crippen molar-refractivity contribution in [1.82, 2.24) is 9.62 Å². The zero-order valence-electron chi connectivity index (χ0n) is 14.6. The van der Waals surface area contributed by atoms with E-state index in [4.69, 9.17) is 4.74 Å². The summed E-state index contributed by atoms with van der Waals surface area (Å²) in [7, 11) is -1.89. The first-order valence-corrected chi connectivity index (χ1v) is 9.96. The van der Waals surface area contributed by atoms with E-state index < -0.39 is 10.0 Å². The molecule has 0 unspecified atom stereocenters. The lowest BCUT2D eigenvalue weighted by molar-refractivity contribution is 0.0948.